The van der Waals surface area contributed by atoms with Crippen LogP contribution < -0.4 is 15.1 Å². The molecule has 0 radical (unpaired) electrons. The Labute approximate surface area is 170 Å². The van der Waals surface area contributed by atoms with Crippen LogP contribution in [-0.4, -0.2) is 58.5 Å². The lowest BCUT2D eigenvalue weighted by Crippen LogP contribution is -2.40. The average molecular weight is 399 g/mol. The summed E-state index contributed by atoms with van der Waals surface area (Å²) >= 11 is 1.98. The molecule has 148 valence electrons. The lowest BCUT2D eigenvalue weighted by molar-refractivity contribution is -0.125. The number of thioether (sulfide) groups is 1. The number of hydrogen-bond acceptors (Lipinski definition) is 7. The van der Waals surface area contributed by atoms with Crippen molar-refractivity contribution < 1.29 is 4.79 Å². The number of nitrogens with zero attached hydrogens (tertiary/aromatic N) is 5. The van der Waals surface area contributed by atoms with Crippen LogP contribution in [0.15, 0.2) is 36.9 Å². The van der Waals surface area contributed by atoms with Gasteiger partial charge in [-0.2, -0.15) is 11.8 Å². The first-order valence-electron chi connectivity index (χ1n) is 9.86. The second-order valence-corrected chi connectivity index (χ2v) is 8.40. The molecule has 8 heteroatoms. The number of carbonyl (C=O) groups is 1. The number of nitrogens with one attached hydrogen (secondary N) is 1. The summed E-state index contributed by atoms with van der Waals surface area (Å²) in [6, 6.07) is 3.85. The smallest absolute Gasteiger partial charge is 0.225 e. The van der Waals surface area contributed by atoms with Crippen LogP contribution in [0.5, 0.6) is 0 Å². The minimum absolute atomic E-state index is 0.0733. The predicted octanol–water partition coefficient (Wildman–Crippen LogP) is 1.96. The van der Waals surface area contributed by atoms with Crippen molar-refractivity contribution in [1.82, 2.24) is 20.3 Å². The number of rotatable bonds is 5. The van der Waals surface area contributed by atoms with Gasteiger partial charge in [-0.1, -0.05) is 0 Å². The van der Waals surface area contributed by atoms with Crippen LogP contribution in [0.1, 0.15) is 18.4 Å². The standard InChI is InChI=1S/C20H26N6OS/c27-19(22-13-16-1-5-21-6-2-16)17-3-7-25(8-4-17)18-14-23-20(24-15-18)26-9-11-28-12-10-26/h1-2,5-6,14-15,17H,3-4,7-13H2,(H,22,27). The quantitative estimate of drug-likeness (QED) is 0.825. The van der Waals surface area contributed by atoms with Crippen LogP contribution >= 0.6 is 11.8 Å². The summed E-state index contributed by atoms with van der Waals surface area (Å²) in [6.07, 6.45) is 9.05. The Hall–Kier alpha value is -2.35. The first-order valence-corrected chi connectivity index (χ1v) is 11.0. The van der Waals surface area contributed by atoms with E-state index >= 15 is 0 Å². The third-order valence-electron chi connectivity index (χ3n) is 5.37. The van der Waals surface area contributed by atoms with Gasteiger partial charge in [0.05, 0.1) is 18.1 Å². The van der Waals surface area contributed by atoms with Gasteiger partial charge in [0.2, 0.25) is 11.9 Å². The van der Waals surface area contributed by atoms with E-state index in [0.29, 0.717) is 6.54 Å². The Morgan fingerprint density at radius 3 is 2.39 bits per heavy atom. The van der Waals surface area contributed by atoms with Crippen molar-refractivity contribution >= 4 is 29.3 Å². The zero-order valence-corrected chi connectivity index (χ0v) is 16.8. The average Bonchev–Trinajstić information content (AvgIpc) is 2.79. The van der Waals surface area contributed by atoms with Crippen LogP contribution in [0.2, 0.25) is 0 Å². The van der Waals surface area contributed by atoms with Crippen molar-refractivity contribution in [2.75, 3.05) is 47.5 Å². The fraction of sp³-hybridized carbons (Fsp3) is 0.500. The van der Waals surface area contributed by atoms with Gasteiger partial charge in [0.15, 0.2) is 0 Å². The number of amides is 1. The Morgan fingerprint density at radius 1 is 1.04 bits per heavy atom. The monoisotopic (exact) mass is 398 g/mol. The lowest BCUT2D eigenvalue weighted by Gasteiger charge is -2.33. The summed E-state index contributed by atoms with van der Waals surface area (Å²) in [5, 5.41) is 3.05. The first-order chi connectivity index (χ1) is 13.8. The van der Waals surface area contributed by atoms with Crippen LogP contribution in [0, 0.1) is 5.92 Å². The molecule has 2 fully saturated rings. The largest absolute Gasteiger partial charge is 0.369 e. The number of pyridine rings is 1. The Morgan fingerprint density at radius 2 is 1.71 bits per heavy atom. The minimum Gasteiger partial charge on any atom is -0.369 e. The van der Waals surface area contributed by atoms with Crippen molar-refractivity contribution in [3.8, 4) is 0 Å². The molecule has 2 aromatic rings. The molecule has 1 amide bonds. The zero-order chi connectivity index (χ0) is 19.2. The number of hydrogen-bond donors (Lipinski definition) is 1. The van der Waals surface area contributed by atoms with E-state index in [1.807, 2.05) is 36.3 Å². The topological polar surface area (TPSA) is 74.2 Å². The van der Waals surface area contributed by atoms with Crippen molar-refractivity contribution in [3.63, 3.8) is 0 Å². The molecule has 0 aliphatic carbocycles. The fourth-order valence-corrected chi connectivity index (χ4v) is 4.54. The molecule has 28 heavy (non-hydrogen) atoms. The van der Waals surface area contributed by atoms with E-state index in [2.05, 4.69) is 30.1 Å². The van der Waals surface area contributed by atoms with Gasteiger partial charge in [0.25, 0.3) is 0 Å². The number of anilines is 2. The van der Waals surface area contributed by atoms with Gasteiger partial charge < -0.3 is 15.1 Å². The van der Waals surface area contributed by atoms with Gasteiger partial charge in [0.1, 0.15) is 0 Å². The first kappa shape index (κ1) is 19.0. The van der Waals surface area contributed by atoms with Crippen molar-refractivity contribution in [3.05, 3.63) is 42.5 Å². The Balaban J connectivity index is 1.26. The van der Waals surface area contributed by atoms with Gasteiger partial charge in [0, 0.05) is 62.5 Å². The highest BCUT2D eigenvalue weighted by Gasteiger charge is 2.25. The van der Waals surface area contributed by atoms with E-state index in [1.165, 1.54) is 0 Å². The van der Waals surface area contributed by atoms with Gasteiger partial charge in [-0.3, -0.25) is 9.78 Å². The second kappa shape index (κ2) is 9.23. The maximum absolute atomic E-state index is 12.5. The normalized spacial score (nSPS) is 18.1. The highest BCUT2D eigenvalue weighted by molar-refractivity contribution is 7.99. The summed E-state index contributed by atoms with van der Waals surface area (Å²) in [4.78, 5) is 30.1. The highest BCUT2D eigenvalue weighted by Crippen LogP contribution is 2.24. The number of carbonyl (C=O) groups excluding carboxylic acids is 1. The Bertz CT molecular complexity index is 758. The molecule has 0 unspecified atom stereocenters. The van der Waals surface area contributed by atoms with Crippen LogP contribution in [0.3, 0.4) is 0 Å². The molecule has 4 rings (SSSR count). The molecule has 2 aliphatic heterocycles. The molecular weight excluding hydrogens is 372 g/mol. The third-order valence-corrected chi connectivity index (χ3v) is 6.31. The van der Waals surface area contributed by atoms with Crippen LogP contribution in [0.4, 0.5) is 11.6 Å². The van der Waals surface area contributed by atoms with E-state index in [4.69, 9.17) is 0 Å². The summed E-state index contributed by atoms with van der Waals surface area (Å²) in [7, 11) is 0. The summed E-state index contributed by atoms with van der Waals surface area (Å²) < 4.78 is 0. The van der Waals surface area contributed by atoms with E-state index in [1.54, 1.807) is 12.4 Å². The molecule has 2 saturated heterocycles. The van der Waals surface area contributed by atoms with Crippen molar-refractivity contribution in [2.45, 2.75) is 19.4 Å². The van der Waals surface area contributed by atoms with Crippen molar-refractivity contribution in [1.29, 1.82) is 0 Å². The highest BCUT2D eigenvalue weighted by atomic mass is 32.2. The maximum atomic E-state index is 12.5. The van der Waals surface area contributed by atoms with Gasteiger partial charge in [-0.25, -0.2) is 9.97 Å². The third kappa shape index (κ3) is 4.73. The van der Waals surface area contributed by atoms with Gasteiger partial charge >= 0.3 is 0 Å². The SMILES string of the molecule is O=C(NCc1ccncc1)C1CCN(c2cnc(N3CCSCC3)nc2)CC1. The molecule has 1 N–H and O–H groups in total. The maximum Gasteiger partial charge on any atom is 0.225 e. The predicted molar refractivity (Wildman–Crippen MR) is 113 cm³/mol. The summed E-state index contributed by atoms with van der Waals surface area (Å²) in [6.45, 7) is 4.31. The molecule has 4 heterocycles. The molecule has 0 aromatic carbocycles. The number of piperidine rings is 1. The zero-order valence-electron chi connectivity index (χ0n) is 16.0. The second-order valence-electron chi connectivity index (χ2n) is 7.18. The van der Waals surface area contributed by atoms with E-state index in [9.17, 15) is 4.79 Å². The van der Waals surface area contributed by atoms with Gasteiger partial charge in [-0.05, 0) is 30.5 Å². The molecular formula is C20H26N6OS. The van der Waals surface area contributed by atoms with E-state index in [0.717, 1.165) is 67.7 Å². The molecule has 0 spiro atoms. The fourth-order valence-electron chi connectivity index (χ4n) is 3.64. The molecule has 0 atom stereocenters. The molecule has 2 aliphatic rings. The number of aromatic nitrogens is 3. The molecule has 2 aromatic heterocycles. The molecule has 7 nitrogen and oxygen atoms in total. The summed E-state index contributed by atoms with van der Waals surface area (Å²) in [5.74, 6) is 3.33. The molecule has 0 saturated carbocycles. The van der Waals surface area contributed by atoms with Crippen LogP contribution in [0.25, 0.3) is 0 Å². The Kier molecular flexibility index (Phi) is 6.26. The van der Waals surface area contributed by atoms with E-state index in [-0.39, 0.29) is 11.8 Å². The minimum atomic E-state index is 0.0733. The van der Waals surface area contributed by atoms with Gasteiger partial charge in [-0.15, -0.1) is 0 Å². The lowest BCUT2D eigenvalue weighted by atomic mass is 9.95. The molecule has 0 bridgehead atoms. The van der Waals surface area contributed by atoms with Crippen LogP contribution in [-0.2, 0) is 11.3 Å². The van der Waals surface area contributed by atoms with Crippen molar-refractivity contribution in [2.24, 2.45) is 5.92 Å². The summed E-state index contributed by atoms with van der Waals surface area (Å²) in [5.41, 5.74) is 2.12. The van der Waals surface area contributed by atoms with E-state index < -0.39 is 0 Å².